The van der Waals surface area contributed by atoms with E-state index < -0.39 is 11.6 Å². The van der Waals surface area contributed by atoms with Gasteiger partial charge in [-0.15, -0.1) is 0 Å². The second kappa shape index (κ2) is 8.55. The molecule has 4 rings (SSSR count). The van der Waals surface area contributed by atoms with Crippen LogP contribution in [0.3, 0.4) is 0 Å². The number of halogens is 2. The van der Waals surface area contributed by atoms with E-state index in [1.54, 1.807) is 6.20 Å². The lowest BCUT2D eigenvalue weighted by Gasteiger charge is -2.33. The highest BCUT2D eigenvalue weighted by molar-refractivity contribution is 5.94. The van der Waals surface area contributed by atoms with Crippen LogP contribution in [-0.4, -0.2) is 34.1 Å². The van der Waals surface area contributed by atoms with E-state index in [0.29, 0.717) is 31.5 Å². The minimum atomic E-state index is -0.494. The smallest absolute Gasteiger partial charge is 0.253 e. The van der Waals surface area contributed by atoms with Crippen LogP contribution >= 0.6 is 0 Å². The zero-order chi connectivity index (χ0) is 20.2. The second-order valence-electron chi connectivity index (χ2n) is 7.55. The van der Waals surface area contributed by atoms with Gasteiger partial charge >= 0.3 is 0 Å². The molecule has 1 aromatic heterocycles. The van der Waals surface area contributed by atoms with Crippen molar-refractivity contribution in [3.8, 4) is 11.3 Å². The number of carbonyl (C=O) groups excluding carboxylic acids is 1. The molecule has 1 aliphatic rings. The molecule has 1 amide bonds. The molecule has 1 N–H and O–H groups in total. The minimum Gasteiger partial charge on any atom is -0.338 e. The fraction of sp³-hybridized carbons (Fsp3) is 0.304. The number of nitrogens with zero attached hydrogens (tertiary/aromatic N) is 2. The lowest BCUT2D eigenvalue weighted by molar-refractivity contribution is 0.0668. The maximum Gasteiger partial charge on any atom is 0.253 e. The Kier molecular flexibility index (Phi) is 5.69. The van der Waals surface area contributed by atoms with Crippen LogP contribution in [0.2, 0.25) is 0 Å². The Morgan fingerprint density at radius 2 is 1.86 bits per heavy atom. The Morgan fingerprint density at radius 3 is 2.55 bits per heavy atom. The number of aromatic nitrogens is 2. The van der Waals surface area contributed by atoms with Crippen molar-refractivity contribution in [3.63, 3.8) is 0 Å². The summed E-state index contributed by atoms with van der Waals surface area (Å²) in [5, 5.41) is 6.85. The predicted octanol–water partition coefficient (Wildman–Crippen LogP) is 4.84. The first-order chi connectivity index (χ1) is 14.1. The van der Waals surface area contributed by atoms with Crippen molar-refractivity contribution in [2.45, 2.75) is 25.7 Å². The molecule has 29 heavy (non-hydrogen) atoms. The number of likely N-dealkylation sites (tertiary alicyclic amines) is 1. The molecule has 4 nitrogen and oxygen atoms in total. The highest BCUT2D eigenvalue weighted by Crippen LogP contribution is 2.25. The molecular weight excluding hydrogens is 372 g/mol. The van der Waals surface area contributed by atoms with Crippen molar-refractivity contribution < 1.29 is 13.6 Å². The van der Waals surface area contributed by atoms with Gasteiger partial charge in [0.25, 0.3) is 5.91 Å². The minimum absolute atomic E-state index is 0.00272. The SMILES string of the molecule is O=C(c1ccc(-c2ccn[nH]2)cc1)N1CCC[C@H](CCc2c(F)cccc2F)C1. The summed E-state index contributed by atoms with van der Waals surface area (Å²) < 4.78 is 27.7. The third-order valence-electron chi connectivity index (χ3n) is 5.61. The zero-order valence-electron chi connectivity index (χ0n) is 16.1. The second-order valence-corrected chi connectivity index (χ2v) is 7.55. The van der Waals surface area contributed by atoms with Crippen molar-refractivity contribution in [2.75, 3.05) is 13.1 Å². The van der Waals surface area contributed by atoms with Gasteiger partial charge in [-0.3, -0.25) is 9.89 Å². The topological polar surface area (TPSA) is 49.0 Å². The van der Waals surface area contributed by atoms with E-state index in [0.717, 1.165) is 24.1 Å². The van der Waals surface area contributed by atoms with E-state index in [-0.39, 0.29) is 17.4 Å². The maximum absolute atomic E-state index is 13.9. The van der Waals surface area contributed by atoms with Crippen molar-refractivity contribution in [1.82, 2.24) is 15.1 Å². The Hall–Kier alpha value is -3.02. The highest BCUT2D eigenvalue weighted by Gasteiger charge is 2.25. The molecule has 6 heteroatoms. The third kappa shape index (κ3) is 4.36. The molecule has 0 saturated carbocycles. The number of H-pyrrole nitrogens is 1. The molecule has 1 fully saturated rings. The van der Waals surface area contributed by atoms with Crippen LogP contribution in [-0.2, 0) is 6.42 Å². The fourth-order valence-corrected chi connectivity index (χ4v) is 4.00. The Bertz CT molecular complexity index is 950. The van der Waals surface area contributed by atoms with Crippen molar-refractivity contribution in [1.29, 1.82) is 0 Å². The summed E-state index contributed by atoms with van der Waals surface area (Å²) >= 11 is 0. The summed E-state index contributed by atoms with van der Waals surface area (Å²) in [6, 6.07) is 13.3. The van der Waals surface area contributed by atoms with Gasteiger partial charge in [-0.25, -0.2) is 8.78 Å². The molecule has 1 aliphatic heterocycles. The molecule has 1 atom stereocenters. The predicted molar refractivity (Wildman–Crippen MR) is 107 cm³/mol. The average molecular weight is 395 g/mol. The molecule has 150 valence electrons. The Morgan fingerprint density at radius 1 is 1.10 bits per heavy atom. The highest BCUT2D eigenvalue weighted by atomic mass is 19.1. The number of benzene rings is 2. The third-order valence-corrected chi connectivity index (χ3v) is 5.61. The summed E-state index contributed by atoms with van der Waals surface area (Å²) in [5.41, 5.74) is 2.67. The van der Waals surface area contributed by atoms with Crippen LogP contribution < -0.4 is 0 Å². The van der Waals surface area contributed by atoms with E-state index in [1.807, 2.05) is 35.2 Å². The monoisotopic (exact) mass is 395 g/mol. The summed E-state index contributed by atoms with van der Waals surface area (Å²) in [7, 11) is 0. The number of nitrogens with one attached hydrogen (secondary N) is 1. The number of aromatic amines is 1. The van der Waals surface area contributed by atoms with Gasteiger partial charge in [0, 0.05) is 30.4 Å². The quantitative estimate of drug-likeness (QED) is 0.672. The molecule has 0 spiro atoms. The number of amides is 1. The fourth-order valence-electron chi connectivity index (χ4n) is 4.00. The molecule has 2 heterocycles. The first-order valence-corrected chi connectivity index (χ1v) is 9.94. The molecule has 0 unspecified atom stereocenters. The summed E-state index contributed by atoms with van der Waals surface area (Å²) in [4.78, 5) is 14.8. The van der Waals surface area contributed by atoms with Gasteiger partial charge in [0.2, 0.25) is 0 Å². The standard InChI is InChI=1S/C23H23F2N3O/c24-20-4-1-5-21(25)19(20)11-6-16-3-2-14-28(15-16)23(29)18-9-7-17(8-10-18)22-12-13-26-27-22/h1,4-5,7-10,12-13,16H,2-3,6,11,14-15H2,(H,26,27)/t16-/m1/s1. The maximum atomic E-state index is 13.9. The van der Waals surface area contributed by atoms with E-state index in [2.05, 4.69) is 10.2 Å². The number of rotatable bonds is 5. The molecule has 0 bridgehead atoms. The zero-order valence-corrected chi connectivity index (χ0v) is 16.1. The summed E-state index contributed by atoms with van der Waals surface area (Å²) in [6.45, 7) is 1.34. The van der Waals surface area contributed by atoms with Crippen molar-refractivity contribution in [3.05, 3.63) is 77.5 Å². The van der Waals surface area contributed by atoms with E-state index in [9.17, 15) is 13.6 Å². The van der Waals surface area contributed by atoms with Crippen molar-refractivity contribution >= 4 is 5.91 Å². The summed E-state index contributed by atoms with van der Waals surface area (Å²) in [5.74, 6) is -0.740. The molecule has 0 aliphatic carbocycles. The number of hydrogen-bond acceptors (Lipinski definition) is 2. The first-order valence-electron chi connectivity index (χ1n) is 9.94. The molecule has 2 aromatic carbocycles. The van der Waals surface area contributed by atoms with Gasteiger partial charge in [0.1, 0.15) is 11.6 Å². The largest absolute Gasteiger partial charge is 0.338 e. The van der Waals surface area contributed by atoms with Crippen LogP contribution in [0.5, 0.6) is 0 Å². The van der Waals surface area contributed by atoms with Gasteiger partial charge in [-0.05, 0) is 67.5 Å². The van der Waals surface area contributed by atoms with Gasteiger partial charge < -0.3 is 4.90 Å². The first kappa shape index (κ1) is 19.3. The van der Waals surface area contributed by atoms with Crippen LogP contribution in [0, 0.1) is 17.6 Å². The molecule has 3 aromatic rings. The number of piperidine rings is 1. The van der Waals surface area contributed by atoms with Crippen LogP contribution in [0.25, 0.3) is 11.3 Å². The van der Waals surface area contributed by atoms with Crippen LogP contribution in [0.15, 0.2) is 54.7 Å². The molecule has 1 saturated heterocycles. The molecular formula is C23H23F2N3O. The average Bonchev–Trinajstić information content (AvgIpc) is 3.28. The van der Waals surface area contributed by atoms with Gasteiger partial charge in [0.05, 0.1) is 5.69 Å². The Balaban J connectivity index is 1.38. The van der Waals surface area contributed by atoms with Crippen LogP contribution in [0.4, 0.5) is 8.78 Å². The van der Waals surface area contributed by atoms with E-state index >= 15 is 0 Å². The lowest BCUT2D eigenvalue weighted by atomic mass is 9.91. The van der Waals surface area contributed by atoms with Gasteiger partial charge in [-0.2, -0.15) is 5.10 Å². The number of hydrogen-bond donors (Lipinski definition) is 1. The summed E-state index contributed by atoms with van der Waals surface area (Å²) in [6.07, 6.45) is 4.58. The van der Waals surface area contributed by atoms with Gasteiger partial charge in [0.15, 0.2) is 0 Å². The van der Waals surface area contributed by atoms with Crippen molar-refractivity contribution in [2.24, 2.45) is 5.92 Å². The normalized spacial score (nSPS) is 16.8. The van der Waals surface area contributed by atoms with Gasteiger partial charge in [-0.1, -0.05) is 18.2 Å². The molecule has 0 radical (unpaired) electrons. The Labute approximate surface area is 168 Å². The van der Waals surface area contributed by atoms with E-state index in [4.69, 9.17) is 0 Å². The number of carbonyl (C=O) groups is 1. The van der Waals surface area contributed by atoms with Crippen LogP contribution in [0.1, 0.15) is 35.2 Å². The van der Waals surface area contributed by atoms with E-state index in [1.165, 1.54) is 18.2 Å². The lowest BCUT2D eigenvalue weighted by Crippen LogP contribution is -2.40.